The summed E-state index contributed by atoms with van der Waals surface area (Å²) in [5.41, 5.74) is 7.53. The van der Waals surface area contributed by atoms with E-state index in [1.807, 2.05) is 0 Å². The number of nitrogens with two attached hydrogens (primary N) is 1. The van der Waals surface area contributed by atoms with Crippen molar-refractivity contribution in [3.05, 3.63) is 0 Å². The van der Waals surface area contributed by atoms with Crippen molar-refractivity contribution in [2.45, 2.75) is 25.7 Å². The Morgan fingerprint density at radius 1 is 1.45 bits per heavy atom. The van der Waals surface area contributed by atoms with Crippen molar-refractivity contribution >= 4 is 5.91 Å². The summed E-state index contributed by atoms with van der Waals surface area (Å²) >= 11 is 0. The number of hydrogen-bond acceptors (Lipinski definition) is 3. The fourth-order valence-electron chi connectivity index (χ4n) is 0.772. The van der Waals surface area contributed by atoms with Crippen molar-refractivity contribution in [1.29, 1.82) is 0 Å². The zero-order valence-corrected chi connectivity index (χ0v) is 6.93. The number of carbonyl (C=O) groups is 1. The van der Waals surface area contributed by atoms with E-state index in [9.17, 15) is 4.79 Å². The van der Waals surface area contributed by atoms with Gasteiger partial charge in [0, 0.05) is 6.42 Å². The van der Waals surface area contributed by atoms with Gasteiger partial charge in [0.25, 0.3) is 0 Å². The molecule has 0 aromatic rings. The zero-order valence-electron chi connectivity index (χ0n) is 6.93. The molecule has 0 aliphatic rings. The Labute approximate surface area is 67.0 Å². The van der Waals surface area contributed by atoms with Gasteiger partial charge in [0.05, 0.1) is 7.11 Å². The number of hydroxylamine groups is 1. The van der Waals surface area contributed by atoms with E-state index < -0.39 is 0 Å². The average Bonchev–Trinajstić information content (AvgIpc) is 1.99. The Balaban J connectivity index is 3.04. The topological polar surface area (TPSA) is 64.3 Å². The monoisotopic (exact) mass is 160 g/mol. The van der Waals surface area contributed by atoms with Crippen LogP contribution in [0.15, 0.2) is 0 Å². The van der Waals surface area contributed by atoms with Crippen LogP contribution in [0.2, 0.25) is 0 Å². The second-order valence-electron chi connectivity index (χ2n) is 2.33. The Morgan fingerprint density at radius 3 is 2.73 bits per heavy atom. The highest BCUT2D eigenvalue weighted by atomic mass is 16.6. The molecule has 0 unspecified atom stereocenters. The van der Waals surface area contributed by atoms with Crippen molar-refractivity contribution in [3.8, 4) is 0 Å². The molecule has 0 atom stereocenters. The van der Waals surface area contributed by atoms with Crippen LogP contribution in [0.5, 0.6) is 0 Å². The third kappa shape index (κ3) is 7.29. The van der Waals surface area contributed by atoms with Crippen LogP contribution < -0.4 is 11.2 Å². The van der Waals surface area contributed by atoms with Crippen molar-refractivity contribution < 1.29 is 9.63 Å². The Morgan fingerprint density at radius 2 is 2.18 bits per heavy atom. The van der Waals surface area contributed by atoms with Gasteiger partial charge in [-0.05, 0) is 19.4 Å². The minimum atomic E-state index is -0.0653. The second-order valence-corrected chi connectivity index (χ2v) is 2.33. The molecular weight excluding hydrogens is 144 g/mol. The summed E-state index contributed by atoms with van der Waals surface area (Å²) in [5.74, 6) is -0.0653. The zero-order chi connectivity index (χ0) is 8.53. The molecule has 0 spiro atoms. The molecule has 0 rings (SSSR count). The molecule has 0 saturated heterocycles. The summed E-state index contributed by atoms with van der Waals surface area (Å²) in [7, 11) is 1.43. The molecule has 0 fully saturated rings. The first kappa shape index (κ1) is 10.4. The number of rotatable bonds is 6. The third-order valence-corrected chi connectivity index (χ3v) is 1.32. The van der Waals surface area contributed by atoms with Crippen LogP contribution in [0.1, 0.15) is 25.7 Å². The van der Waals surface area contributed by atoms with Gasteiger partial charge in [-0.25, -0.2) is 5.48 Å². The lowest BCUT2D eigenvalue weighted by Crippen LogP contribution is -2.21. The molecule has 0 radical (unpaired) electrons. The smallest absolute Gasteiger partial charge is 0.243 e. The van der Waals surface area contributed by atoms with Gasteiger partial charge in [0.15, 0.2) is 0 Å². The quantitative estimate of drug-likeness (QED) is 0.430. The van der Waals surface area contributed by atoms with Crippen molar-refractivity contribution in [1.82, 2.24) is 5.48 Å². The summed E-state index contributed by atoms with van der Waals surface area (Å²) in [6.45, 7) is 0.700. The van der Waals surface area contributed by atoms with Crippen LogP contribution in [0.25, 0.3) is 0 Å². The number of unbranched alkanes of at least 4 members (excludes halogenated alkanes) is 2. The van der Waals surface area contributed by atoms with E-state index in [1.165, 1.54) is 7.11 Å². The van der Waals surface area contributed by atoms with Gasteiger partial charge in [0.1, 0.15) is 0 Å². The van der Waals surface area contributed by atoms with Crippen LogP contribution in [0.3, 0.4) is 0 Å². The highest BCUT2D eigenvalue weighted by Crippen LogP contribution is 1.97. The molecule has 4 heteroatoms. The molecule has 4 nitrogen and oxygen atoms in total. The van der Waals surface area contributed by atoms with Gasteiger partial charge in [-0.15, -0.1) is 0 Å². The van der Waals surface area contributed by atoms with E-state index in [2.05, 4.69) is 10.3 Å². The molecule has 11 heavy (non-hydrogen) atoms. The molecule has 0 saturated carbocycles. The van der Waals surface area contributed by atoms with E-state index in [4.69, 9.17) is 5.73 Å². The lowest BCUT2D eigenvalue weighted by molar-refractivity contribution is -0.131. The predicted molar refractivity (Wildman–Crippen MR) is 42.7 cm³/mol. The van der Waals surface area contributed by atoms with Gasteiger partial charge >= 0.3 is 0 Å². The molecule has 1 amide bonds. The standard InChI is InChI=1S/C7H16N2O2/c1-11-9-7(10)5-3-2-4-6-8/h2-6,8H2,1H3,(H,9,10). The number of amides is 1. The Bertz CT molecular complexity index is 107. The fraction of sp³-hybridized carbons (Fsp3) is 0.857. The van der Waals surface area contributed by atoms with Gasteiger partial charge in [-0.2, -0.15) is 0 Å². The molecule has 0 aliphatic heterocycles. The largest absolute Gasteiger partial charge is 0.330 e. The molecule has 3 N–H and O–H groups in total. The molecule has 0 aromatic carbocycles. The minimum Gasteiger partial charge on any atom is -0.330 e. The first-order valence-electron chi connectivity index (χ1n) is 3.83. The molecule has 0 heterocycles. The van der Waals surface area contributed by atoms with Crippen LogP contribution in [0, 0.1) is 0 Å². The molecule has 0 aliphatic carbocycles. The van der Waals surface area contributed by atoms with Crippen LogP contribution >= 0.6 is 0 Å². The van der Waals surface area contributed by atoms with Crippen molar-refractivity contribution in [2.75, 3.05) is 13.7 Å². The molecule has 66 valence electrons. The third-order valence-electron chi connectivity index (χ3n) is 1.32. The van der Waals surface area contributed by atoms with Crippen LogP contribution in [0.4, 0.5) is 0 Å². The molecular formula is C7H16N2O2. The Hall–Kier alpha value is -0.610. The highest BCUT2D eigenvalue weighted by molar-refractivity contribution is 5.74. The van der Waals surface area contributed by atoms with Gasteiger partial charge < -0.3 is 5.73 Å². The van der Waals surface area contributed by atoms with Crippen LogP contribution in [-0.2, 0) is 9.63 Å². The van der Waals surface area contributed by atoms with Crippen LogP contribution in [-0.4, -0.2) is 19.6 Å². The summed E-state index contributed by atoms with van der Waals surface area (Å²) < 4.78 is 0. The van der Waals surface area contributed by atoms with Gasteiger partial charge in [-0.1, -0.05) is 6.42 Å². The van der Waals surface area contributed by atoms with E-state index in [0.29, 0.717) is 13.0 Å². The number of nitrogens with one attached hydrogen (secondary N) is 1. The first-order valence-corrected chi connectivity index (χ1v) is 3.83. The van der Waals surface area contributed by atoms with E-state index in [1.54, 1.807) is 0 Å². The molecule has 0 aromatic heterocycles. The second kappa shape index (κ2) is 7.50. The normalized spacial score (nSPS) is 9.64. The summed E-state index contributed by atoms with van der Waals surface area (Å²) in [6.07, 6.45) is 3.40. The summed E-state index contributed by atoms with van der Waals surface area (Å²) in [6, 6.07) is 0. The van der Waals surface area contributed by atoms with E-state index in [0.717, 1.165) is 19.3 Å². The summed E-state index contributed by atoms with van der Waals surface area (Å²) in [4.78, 5) is 15.2. The lowest BCUT2D eigenvalue weighted by Gasteiger charge is -2.00. The van der Waals surface area contributed by atoms with Crippen molar-refractivity contribution in [3.63, 3.8) is 0 Å². The molecule has 0 bridgehead atoms. The first-order chi connectivity index (χ1) is 5.31. The number of carbonyl (C=O) groups excluding carboxylic acids is 1. The highest BCUT2D eigenvalue weighted by Gasteiger charge is 1.97. The fourth-order valence-corrected chi connectivity index (χ4v) is 0.772. The minimum absolute atomic E-state index is 0.0653. The maximum Gasteiger partial charge on any atom is 0.243 e. The van der Waals surface area contributed by atoms with Crippen molar-refractivity contribution in [2.24, 2.45) is 5.73 Å². The predicted octanol–water partition coefficient (Wildman–Crippen LogP) is 0.183. The Kier molecular flexibility index (Phi) is 7.08. The summed E-state index contributed by atoms with van der Waals surface area (Å²) in [5, 5.41) is 0. The lowest BCUT2D eigenvalue weighted by atomic mass is 10.2. The number of hydrogen-bond donors (Lipinski definition) is 2. The maximum absolute atomic E-state index is 10.7. The van der Waals surface area contributed by atoms with Gasteiger partial charge in [-0.3, -0.25) is 9.63 Å². The van der Waals surface area contributed by atoms with Gasteiger partial charge in [0.2, 0.25) is 5.91 Å². The van der Waals surface area contributed by atoms with E-state index in [-0.39, 0.29) is 5.91 Å². The average molecular weight is 160 g/mol. The maximum atomic E-state index is 10.7. The van der Waals surface area contributed by atoms with E-state index >= 15 is 0 Å². The SMILES string of the molecule is CONC(=O)CCCCCN.